The summed E-state index contributed by atoms with van der Waals surface area (Å²) >= 11 is 0. The molecule has 3 aromatic rings. The number of benzene rings is 3. The van der Waals surface area contributed by atoms with E-state index >= 15 is 0 Å². The number of nitrogens with zero attached hydrogens (tertiary/aromatic N) is 1. The number of halogens is 3. The highest BCUT2D eigenvalue weighted by Gasteiger charge is 2.44. The topological polar surface area (TPSA) is 178 Å². The van der Waals surface area contributed by atoms with Crippen LogP contribution in [0.15, 0.2) is 70.5 Å². The molecule has 2 fully saturated rings. The lowest BCUT2D eigenvalue weighted by Gasteiger charge is -2.41. The number of sulfone groups is 1. The van der Waals surface area contributed by atoms with E-state index in [2.05, 4.69) is 0 Å². The molecule has 2 aliphatic rings. The Balaban J connectivity index is 0.000000385. The average molecular weight is 696 g/mol. The maximum atomic E-state index is 14.1. The zero-order chi connectivity index (χ0) is 34.7. The summed E-state index contributed by atoms with van der Waals surface area (Å²) in [7, 11) is -7.82. The van der Waals surface area contributed by atoms with Crippen LogP contribution in [-0.4, -0.2) is 62.0 Å². The molecule has 0 aromatic heterocycles. The highest BCUT2D eigenvalue weighted by atomic mass is 32.2. The van der Waals surface area contributed by atoms with Crippen LogP contribution in [0.25, 0.3) is 0 Å². The van der Waals surface area contributed by atoms with Crippen molar-refractivity contribution < 1.29 is 44.1 Å². The predicted octanol–water partition coefficient (Wildman–Crippen LogP) is 3.95. The van der Waals surface area contributed by atoms with Gasteiger partial charge in [0, 0.05) is 36.2 Å². The minimum Gasteiger partial charge on any atom is -0.366 e. The molecule has 3 aromatic carbocycles. The average Bonchev–Trinajstić information content (AvgIpc) is 3.27. The van der Waals surface area contributed by atoms with Gasteiger partial charge in [0.2, 0.25) is 11.8 Å². The summed E-state index contributed by atoms with van der Waals surface area (Å²) in [5.41, 5.74) is 12.6. The van der Waals surface area contributed by atoms with Crippen molar-refractivity contribution in [2.45, 2.75) is 73.4 Å². The van der Waals surface area contributed by atoms with Gasteiger partial charge in [-0.05, 0) is 86.9 Å². The van der Waals surface area contributed by atoms with Gasteiger partial charge < -0.3 is 16.4 Å². The number of carbonyl (C=O) groups excluding carboxylic acids is 2. The normalized spacial score (nSPS) is 19.9. The molecule has 15 heteroatoms. The van der Waals surface area contributed by atoms with Gasteiger partial charge in [0.1, 0.15) is 5.82 Å². The lowest BCUT2D eigenvalue weighted by molar-refractivity contribution is -0.136. The third kappa shape index (κ3) is 8.97. The molecule has 4 atom stereocenters. The van der Waals surface area contributed by atoms with E-state index in [-0.39, 0.29) is 57.7 Å². The third-order valence-electron chi connectivity index (χ3n) is 8.59. The van der Waals surface area contributed by atoms with Crippen LogP contribution >= 0.6 is 0 Å². The van der Waals surface area contributed by atoms with Gasteiger partial charge in [-0.2, -0.15) is 8.42 Å². The van der Waals surface area contributed by atoms with Gasteiger partial charge in [0.25, 0.3) is 10.1 Å². The molecular formula is C32H36F3N3O7S2. The van der Waals surface area contributed by atoms with Crippen LogP contribution in [0, 0.1) is 30.3 Å². The van der Waals surface area contributed by atoms with Crippen molar-refractivity contribution in [3.63, 3.8) is 0 Å². The number of hydrogen-bond acceptors (Lipinski definition) is 7. The molecule has 10 nitrogen and oxygen atoms in total. The van der Waals surface area contributed by atoms with Crippen LogP contribution in [0.3, 0.4) is 0 Å². The second-order valence-corrected chi connectivity index (χ2v) is 15.4. The van der Waals surface area contributed by atoms with Crippen molar-refractivity contribution >= 4 is 31.8 Å². The molecule has 0 aliphatic carbocycles. The molecule has 2 heterocycles. The van der Waals surface area contributed by atoms with Gasteiger partial charge in [-0.25, -0.2) is 21.6 Å². The summed E-state index contributed by atoms with van der Waals surface area (Å²) in [6.07, 6.45) is 2.50. The zero-order valence-corrected chi connectivity index (χ0v) is 27.1. The molecule has 47 heavy (non-hydrogen) atoms. The maximum Gasteiger partial charge on any atom is 0.294 e. The lowest BCUT2D eigenvalue weighted by atomic mass is 9.82. The van der Waals surface area contributed by atoms with Gasteiger partial charge in [-0.3, -0.25) is 14.1 Å². The highest BCUT2D eigenvalue weighted by Crippen LogP contribution is 2.40. The zero-order valence-electron chi connectivity index (χ0n) is 25.5. The Hall–Kier alpha value is -3.79. The minimum absolute atomic E-state index is 0.0119. The standard InChI is InChI=1S/C25H28F3N3O4S.C7H8O3S/c26-20-13-22(28)21(27)11-15(20)12-23(29)16-8-17-4-5-18(9-16)31(17)24(32)6-7-36(34,35)19-3-1-2-14(10-19)25(30)33;1-6-2-4-7(5-3-6)11(8,9)10/h1-3,10-11,13,16-18,23H,4-9,12,29H2,(H2,30,33);2-5H,1H3,(H,8,9,10)/t16?,17-,18+,23-;/m1./s1. The smallest absolute Gasteiger partial charge is 0.294 e. The molecule has 5 N–H and O–H groups in total. The summed E-state index contributed by atoms with van der Waals surface area (Å²) in [4.78, 5) is 26.0. The number of piperidine rings is 1. The van der Waals surface area contributed by atoms with Crippen LogP contribution in [0.5, 0.6) is 0 Å². The summed E-state index contributed by atoms with van der Waals surface area (Å²) in [6.45, 7) is 1.84. The maximum absolute atomic E-state index is 14.1. The second-order valence-electron chi connectivity index (χ2n) is 11.9. The number of hydrogen-bond donors (Lipinski definition) is 3. The number of primary amides is 1. The van der Waals surface area contributed by atoms with Gasteiger partial charge in [-0.1, -0.05) is 23.8 Å². The quantitative estimate of drug-likeness (QED) is 0.223. The monoisotopic (exact) mass is 695 g/mol. The number of carbonyl (C=O) groups is 2. The van der Waals surface area contributed by atoms with E-state index in [0.29, 0.717) is 18.9 Å². The highest BCUT2D eigenvalue weighted by molar-refractivity contribution is 7.91. The molecule has 2 amide bonds. The summed E-state index contributed by atoms with van der Waals surface area (Å²) in [6, 6.07) is 12.0. The lowest BCUT2D eigenvalue weighted by Crippen LogP contribution is -2.50. The number of amides is 2. The largest absolute Gasteiger partial charge is 0.366 e. The predicted molar refractivity (Wildman–Crippen MR) is 167 cm³/mol. The van der Waals surface area contributed by atoms with Crippen LogP contribution in [0.1, 0.15) is 53.6 Å². The summed E-state index contributed by atoms with van der Waals surface area (Å²) < 4.78 is 95.9. The van der Waals surface area contributed by atoms with Crippen LogP contribution in [0.2, 0.25) is 0 Å². The van der Waals surface area contributed by atoms with Crippen molar-refractivity contribution in [1.82, 2.24) is 4.90 Å². The molecule has 1 unspecified atom stereocenters. The van der Waals surface area contributed by atoms with Crippen LogP contribution < -0.4 is 11.5 Å². The number of fused-ring (bicyclic) bond motifs is 2. The van der Waals surface area contributed by atoms with E-state index in [1.54, 1.807) is 17.0 Å². The van der Waals surface area contributed by atoms with Crippen LogP contribution in [-0.2, 0) is 31.2 Å². The Kier molecular flexibility index (Phi) is 11.2. The van der Waals surface area contributed by atoms with Crippen molar-refractivity contribution in [2.75, 3.05) is 5.75 Å². The van der Waals surface area contributed by atoms with Crippen molar-refractivity contribution in [1.29, 1.82) is 0 Å². The fraction of sp³-hybridized carbons (Fsp3) is 0.375. The molecule has 2 bridgehead atoms. The van der Waals surface area contributed by atoms with E-state index in [4.69, 9.17) is 16.0 Å². The minimum atomic E-state index is -4.02. The Morgan fingerprint density at radius 1 is 0.894 bits per heavy atom. The summed E-state index contributed by atoms with van der Waals surface area (Å²) in [5.74, 6) is -4.68. The molecule has 2 saturated heterocycles. The third-order valence-corrected chi connectivity index (χ3v) is 11.2. The Morgan fingerprint density at radius 3 is 2.06 bits per heavy atom. The van der Waals surface area contributed by atoms with E-state index in [0.717, 1.165) is 24.5 Å². The Morgan fingerprint density at radius 2 is 1.49 bits per heavy atom. The van der Waals surface area contributed by atoms with E-state index in [1.807, 2.05) is 6.92 Å². The molecule has 0 spiro atoms. The fourth-order valence-corrected chi connectivity index (χ4v) is 7.89. The number of aryl methyl sites for hydroxylation is 1. The second kappa shape index (κ2) is 14.5. The first kappa shape index (κ1) is 36.1. The van der Waals surface area contributed by atoms with E-state index in [9.17, 15) is 39.6 Å². The first-order valence-corrected chi connectivity index (χ1v) is 17.9. The van der Waals surface area contributed by atoms with Gasteiger partial charge in [0.05, 0.1) is 15.5 Å². The van der Waals surface area contributed by atoms with Gasteiger partial charge >= 0.3 is 0 Å². The fourth-order valence-electron chi connectivity index (χ4n) is 6.14. The molecule has 0 radical (unpaired) electrons. The SMILES string of the molecule is Cc1ccc(S(=O)(=O)O)cc1.NC(=O)c1cccc(S(=O)(=O)CCC(=O)N2[C@@H]3CC[C@H]2CC([C@H](N)Cc2cc(F)c(F)cc2F)C3)c1. The number of nitrogens with two attached hydrogens (primary N) is 2. The Labute approximate surface area is 271 Å². The molecule has 0 saturated carbocycles. The molecule has 254 valence electrons. The van der Waals surface area contributed by atoms with Crippen molar-refractivity contribution in [2.24, 2.45) is 17.4 Å². The van der Waals surface area contributed by atoms with Gasteiger partial charge in [-0.15, -0.1) is 0 Å². The van der Waals surface area contributed by atoms with E-state index in [1.165, 1.54) is 36.4 Å². The van der Waals surface area contributed by atoms with Crippen LogP contribution in [0.4, 0.5) is 13.2 Å². The molecule has 5 rings (SSSR count). The van der Waals surface area contributed by atoms with E-state index < -0.39 is 55.1 Å². The Bertz CT molecular complexity index is 1840. The molecular weight excluding hydrogens is 659 g/mol. The van der Waals surface area contributed by atoms with Crippen molar-refractivity contribution in [3.8, 4) is 0 Å². The van der Waals surface area contributed by atoms with Gasteiger partial charge in [0.15, 0.2) is 21.5 Å². The van der Waals surface area contributed by atoms with Crippen molar-refractivity contribution in [3.05, 3.63) is 94.8 Å². The first-order chi connectivity index (χ1) is 22.0. The first-order valence-electron chi connectivity index (χ1n) is 14.8. The molecule has 2 aliphatic heterocycles. The summed E-state index contributed by atoms with van der Waals surface area (Å²) in [5, 5.41) is 0. The number of rotatable bonds is 9.